The number of methoxy groups -OCH3 is 1. The highest BCUT2D eigenvalue weighted by Crippen LogP contribution is 2.27. The molecular formula is C15H20N2O7. The zero-order chi connectivity index (χ0) is 18.3. The van der Waals surface area contributed by atoms with Crippen LogP contribution in [0.2, 0.25) is 0 Å². The molecule has 9 heteroatoms. The molecule has 132 valence electrons. The number of carbonyl (C=O) groups excluding carboxylic acids is 2. The molecule has 0 heterocycles. The Labute approximate surface area is 139 Å². The maximum Gasteiger partial charge on any atom is 0.407 e. The quantitative estimate of drug-likeness (QED) is 0.365. The largest absolute Gasteiger partial charge is 0.490 e. The minimum absolute atomic E-state index is 0.0137. The van der Waals surface area contributed by atoms with Crippen molar-refractivity contribution in [2.24, 2.45) is 0 Å². The van der Waals surface area contributed by atoms with Crippen LogP contribution in [0, 0.1) is 10.1 Å². The molecule has 0 bridgehead atoms. The first-order chi connectivity index (χ1) is 11.1. The molecule has 0 spiro atoms. The Kier molecular flexibility index (Phi) is 6.51. The molecule has 9 nitrogen and oxygen atoms in total. The van der Waals surface area contributed by atoms with Crippen molar-refractivity contribution in [2.75, 3.05) is 20.3 Å². The van der Waals surface area contributed by atoms with Crippen molar-refractivity contribution in [3.05, 3.63) is 33.9 Å². The highest BCUT2D eigenvalue weighted by atomic mass is 16.6. The third-order valence-corrected chi connectivity index (χ3v) is 2.61. The van der Waals surface area contributed by atoms with Crippen LogP contribution < -0.4 is 10.1 Å². The summed E-state index contributed by atoms with van der Waals surface area (Å²) in [7, 11) is 1.29. The number of hydrogen-bond donors (Lipinski definition) is 1. The summed E-state index contributed by atoms with van der Waals surface area (Å²) in [5.74, 6) is -0.699. The predicted octanol–water partition coefficient (Wildman–Crippen LogP) is 2.28. The maximum atomic E-state index is 11.9. The Balaban J connectivity index is 2.53. The third-order valence-electron chi connectivity index (χ3n) is 2.61. The van der Waals surface area contributed by atoms with Crippen LogP contribution >= 0.6 is 0 Å². The van der Waals surface area contributed by atoms with Crippen molar-refractivity contribution in [3.63, 3.8) is 0 Å². The molecule has 24 heavy (non-hydrogen) atoms. The van der Waals surface area contributed by atoms with Gasteiger partial charge in [-0.15, -0.1) is 0 Å². The summed E-state index contributed by atoms with van der Waals surface area (Å²) in [6.07, 6.45) is -0.626. The number of nitrogens with zero attached hydrogens (tertiary/aromatic N) is 1. The molecule has 1 aromatic rings. The first kappa shape index (κ1) is 19.2. The number of esters is 1. The fourth-order valence-electron chi connectivity index (χ4n) is 1.65. The van der Waals surface area contributed by atoms with Gasteiger partial charge in [0, 0.05) is 6.07 Å². The van der Waals surface area contributed by atoms with Crippen LogP contribution in [0.4, 0.5) is 10.5 Å². The molecule has 1 N–H and O–H groups in total. The van der Waals surface area contributed by atoms with Gasteiger partial charge in [-0.3, -0.25) is 10.1 Å². The molecule has 0 unspecified atom stereocenters. The minimum Gasteiger partial charge on any atom is -0.490 e. The van der Waals surface area contributed by atoms with Crippen molar-refractivity contribution < 1.29 is 28.7 Å². The van der Waals surface area contributed by atoms with Crippen molar-refractivity contribution in [1.82, 2.24) is 5.32 Å². The van der Waals surface area contributed by atoms with Crippen LogP contribution in [0.15, 0.2) is 18.2 Å². The van der Waals surface area contributed by atoms with E-state index in [1.54, 1.807) is 20.8 Å². The maximum absolute atomic E-state index is 11.9. The summed E-state index contributed by atoms with van der Waals surface area (Å²) in [6.45, 7) is 5.13. The number of carbonyl (C=O) groups is 2. The van der Waals surface area contributed by atoms with Crippen LogP contribution in [0.3, 0.4) is 0 Å². The standard InChI is InChI=1S/C15H20N2O7/c1-15(2,3)24-14(19)16-7-8-23-13(18)10-5-6-12(22-4)11(9-10)17(20)21/h5-6,9H,7-8H2,1-4H3,(H,16,19). The van der Waals surface area contributed by atoms with Crippen LogP contribution in [0.1, 0.15) is 31.1 Å². The highest BCUT2D eigenvalue weighted by Gasteiger charge is 2.19. The van der Waals surface area contributed by atoms with E-state index in [0.717, 1.165) is 6.07 Å². The van der Waals surface area contributed by atoms with Gasteiger partial charge < -0.3 is 19.5 Å². The van der Waals surface area contributed by atoms with Gasteiger partial charge in [0.15, 0.2) is 5.75 Å². The van der Waals surface area contributed by atoms with Crippen LogP contribution in [-0.4, -0.2) is 42.8 Å². The number of amides is 1. The number of nitrogens with one attached hydrogen (secondary N) is 1. The third kappa shape index (κ3) is 6.11. The average Bonchev–Trinajstić information content (AvgIpc) is 2.48. The summed E-state index contributed by atoms with van der Waals surface area (Å²) in [4.78, 5) is 33.5. The zero-order valence-corrected chi connectivity index (χ0v) is 14.0. The van der Waals surface area contributed by atoms with Crippen molar-refractivity contribution in [3.8, 4) is 5.75 Å². The normalized spacial score (nSPS) is 10.7. The summed E-state index contributed by atoms with van der Waals surface area (Å²) < 4.78 is 14.8. The van der Waals surface area contributed by atoms with E-state index in [1.165, 1.54) is 19.2 Å². The van der Waals surface area contributed by atoms with Gasteiger partial charge in [0.25, 0.3) is 0 Å². The lowest BCUT2D eigenvalue weighted by Crippen LogP contribution is -2.34. The molecule has 0 saturated carbocycles. The van der Waals surface area contributed by atoms with E-state index in [9.17, 15) is 19.7 Å². The lowest BCUT2D eigenvalue weighted by Gasteiger charge is -2.19. The van der Waals surface area contributed by atoms with Crippen LogP contribution in [-0.2, 0) is 9.47 Å². The molecule has 0 aliphatic carbocycles. The monoisotopic (exact) mass is 340 g/mol. The second-order valence-electron chi connectivity index (χ2n) is 5.71. The summed E-state index contributed by atoms with van der Waals surface area (Å²) in [5, 5.41) is 13.3. The van der Waals surface area contributed by atoms with Gasteiger partial charge in [0.2, 0.25) is 0 Å². The fraction of sp³-hybridized carbons (Fsp3) is 0.467. The van der Waals surface area contributed by atoms with E-state index < -0.39 is 22.6 Å². The van der Waals surface area contributed by atoms with E-state index in [1.807, 2.05) is 0 Å². The average molecular weight is 340 g/mol. The molecule has 0 fully saturated rings. The van der Waals surface area contributed by atoms with Crippen LogP contribution in [0.5, 0.6) is 5.75 Å². The lowest BCUT2D eigenvalue weighted by atomic mass is 10.2. The molecule has 1 amide bonds. The van der Waals surface area contributed by atoms with Gasteiger partial charge >= 0.3 is 17.7 Å². The van der Waals surface area contributed by atoms with E-state index in [2.05, 4.69) is 5.32 Å². The molecule has 1 aromatic carbocycles. The van der Waals surface area contributed by atoms with Crippen molar-refractivity contribution in [1.29, 1.82) is 0 Å². The Hall–Kier alpha value is -2.84. The number of alkyl carbamates (subject to hydrolysis) is 1. The van der Waals surface area contributed by atoms with Gasteiger partial charge in [-0.1, -0.05) is 0 Å². The SMILES string of the molecule is COc1ccc(C(=O)OCCNC(=O)OC(C)(C)C)cc1[N+](=O)[O-]. The number of benzene rings is 1. The molecule has 1 rings (SSSR count). The molecule has 0 aliphatic rings. The lowest BCUT2D eigenvalue weighted by molar-refractivity contribution is -0.385. The van der Waals surface area contributed by atoms with Crippen molar-refractivity contribution in [2.45, 2.75) is 26.4 Å². The zero-order valence-electron chi connectivity index (χ0n) is 14.0. The second kappa shape index (κ2) is 8.14. The van der Waals surface area contributed by atoms with E-state index >= 15 is 0 Å². The molecular weight excluding hydrogens is 320 g/mol. The first-order valence-corrected chi connectivity index (χ1v) is 7.10. The molecule has 0 saturated heterocycles. The molecule has 0 atom stereocenters. The number of rotatable bonds is 6. The topological polar surface area (TPSA) is 117 Å². The highest BCUT2D eigenvalue weighted by molar-refractivity contribution is 5.90. The Morgan fingerprint density at radius 2 is 1.96 bits per heavy atom. The summed E-state index contributed by atoms with van der Waals surface area (Å²) in [6, 6.07) is 3.74. The number of nitro groups is 1. The second-order valence-corrected chi connectivity index (χ2v) is 5.71. The predicted molar refractivity (Wildman–Crippen MR) is 84.2 cm³/mol. The van der Waals surface area contributed by atoms with Gasteiger partial charge in [0.05, 0.1) is 24.1 Å². The Morgan fingerprint density at radius 1 is 1.29 bits per heavy atom. The Bertz CT molecular complexity index is 623. The Morgan fingerprint density at radius 3 is 2.50 bits per heavy atom. The number of nitro benzene ring substituents is 1. The van der Waals surface area contributed by atoms with Crippen molar-refractivity contribution >= 4 is 17.7 Å². The molecule has 0 aromatic heterocycles. The summed E-state index contributed by atoms with van der Waals surface area (Å²) >= 11 is 0. The van der Waals surface area contributed by atoms with Crippen LogP contribution in [0.25, 0.3) is 0 Å². The smallest absolute Gasteiger partial charge is 0.407 e. The summed E-state index contributed by atoms with van der Waals surface area (Å²) in [5.41, 5.74) is -0.943. The molecule has 0 radical (unpaired) electrons. The van der Waals surface area contributed by atoms with E-state index in [-0.39, 0.29) is 30.2 Å². The molecule has 0 aliphatic heterocycles. The number of hydrogen-bond acceptors (Lipinski definition) is 7. The van der Waals surface area contributed by atoms with E-state index in [4.69, 9.17) is 14.2 Å². The minimum atomic E-state index is -0.744. The number of ether oxygens (including phenoxy) is 3. The van der Waals surface area contributed by atoms with Gasteiger partial charge in [0.1, 0.15) is 12.2 Å². The fourth-order valence-corrected chi connectivity index (χ4v) is 1.65. The van der Waals surface area contributed by atoms with Gasteiger partial charge in [-0.2, -0.15) is 0 Å². The van der Waals surface area contributed by atoms with E-state index in [0.29, 0.717) is 0 Å². The first-order valence-electron chi connectivity index (χ1n) is 7.10. The van der Waals surface area contributed by atoms with Gasteiger partial charge in [-0.25, -0.2) is 9.59 Å². The van der Waals surface area contributed by atoms with Gasteiger partial charge in [-0.05, 0) is 32.9 Å².